The number of hydrogen-bond donors (Lipinski definition) is 2. The molecule has 3 N–H and O–H groups in total. The summed E-state index contributed by atoms with van der Waals surface area (Å²) in [4.78, 5) is 1.29. The average molecular weight is 314 g/mol. The second-order valence-corrected chi connectivity index (χ2v) is 7.04. The molecule has 4 heteroatoms. The number of hydrogen-bond acceptors (Lipinski definition) is 4. The van der Waals surface area contributed by atoms with Gasteiger partial charge in [0, 0.05) is 15.3 Å². The Bertz CT molecular complexity index is 736. The summed E-state index contributed by atoms with van der Waals surface area (Å²) in [5.74, 6) is 6.71. The normalized spacial score (nSPS) is 12.7. The van der Waals surface area contributed by atoms with Crippen molar-refractivity contribution in [3.63, 3.8) is 0 Å². The Morgan fingerprint density at radius 3 is 2.86 bits per heavy atom. The molecule has 1 aromatic heterocycles. The van der Waals surface area contributed by atoms with Crippen LogP contribution in [0, 0.1) is 6.92 Å². The van der Waals surface area contributed by atoms with Gasteiger partial charge in [0.25, 0.3) is 0 Å². The van der Waals surface area contributed by atoms with Gasteiger partial charge in [-0.3, -0.25) is 11.3 Å². The zero-order valence-electron chi connectivity index (χ0n) is 11.9. The summed E-state index contributed by atoms with van der Waals surface area (Å²) in [6, 6.07) is 17.3. The number of hydrazine groups is 1. The number of benzene rings is 2. The molecule has 0 aliphatic carbocycles. The van der Waals surface area contributed by atoms with Gasteiger partial charge < -0.3 is 0 Å². The summed E-state index contributed by atoms with van der Waals surface area (Å²) in [7, 11) is 0. The molecule has 0 saturated carbocycles. The Labute approximate surface area is 133 Å². The first-order chi connectivity index (χ1) is 10.3. The Balaban J connectivity index is 1.80. The third-order valence-corrected chi connectivity index (χ3v) is 5.56. The van der Waals surface area contributed by atoms with Gasteiger partial charge in [0.1, 0.15) is 0 Å². The Hall–Kier alpha value is -1.33. The van der Waals surface area contributed by atoms with Crippen molar-refractivity contribution < 1.29 is 0 Å². The molecule has 1 heterocycles. The highest BCUT2D eigenvalue weighted by molar-refractivity contribution is 7.99. The van der Waals surface area contributed by atoms with E-state index in [2.05, 4.69) is 66.3 Å². The molecule has 0 radical (unpaired) electrons. The highest BCUT2D eigenvalue weighted by Crippen LogP contribution is 2.32. The number of thiophene rings is 1. The number of rotatable bonds is 5. The van der Waals surface area contributed by atoms with Crippen LogP contribution in [0.25, 0.3) is 10.1 Å². The largest absolute Gasteiger partial charge is 0.271 e. The fourth-order valence-corrected chi connectivity index (χ4v) is 4.45. The molecule has 108 valence electrons. The molecule has 0 saturated heterocycles. The minimum atomic E-state index is 0.151. The van der Waals surface area contributed by atoms with Crippen molar-refractivity contribution in [1.82, 2.24) is 5.43 Å². The second kappa shape index (κ2) is 6.62. The number of fused-ring (bicyclic) bond motifs is 1. The molecule has 0 spiro atoms. The van der Waals surface area contributed by atoms with E-state index in [1.54, 1.807) is 11.3 Å². The minimum Gasteiger partial charge on any atom is -0.271 e. The highest BCUT2D eigenvalue weighted by atomic mass is 32.2. The summed E-state index contributed by atoms with van der Waals surface area (Å²) < 4.78 is 1.32. The van der Waals surface area contributed by atoms with Crippen LogP contribution < -0.4 is 11.3 Å². The fraction of sp³-hybridized carbons (Fsp3) is 0.176. The standard InChI is InChI=1S/C17H18N2S2/c1-12-4-2-6-14(10-12)21-11-16(19-18)15-7-3-5-13-8-9-20-17(13)15/h2-10,16,19H,11,18H2,1H3. The second-order valence-electron chi connectivity index (χ2n) is 5.03. The lowest BCUT2D eigenvalue weighted by Gasteiger charge is -2.17. The maximum atomic E-state index is 5.80. The highest BCUT2D eigenvalue weighted by Gasteiger charge is 2.14. The van der Waals surface area contributed by atoms with Crippen LogP contribution in [0.4, 0.5) is 0 Å². The van der Waals surface area contributed by atoms with Gasteiger partial charge in [-0.05, 0) is 41.5 Å². The van der Waals surface area contributed by atoms with Gasteiger partial charge in [-0.15, -0.1) is 23.1 Å². The van der Waals surface area contributed by atoms with E-state index >= 15 is 0 Å². The molecule has 0 aliphatic rings. The van der Waals surface area contributed by atoms with Gasteiger partial charge in [0.05, 0.1) is 6.04 Å². The predicted octanol–water partition coefficient (Wildman–Crippen LogP) is 4.51. The lowest BCUT2D eigenvalue weighted by Crippen LogP contribution is -2.29. The summed E-state index contributed by atoms with van der Waals surface area (Å²) >= 11 is 3.61. The van der Waals surface area contributed by atoms with Crippen LogP contribution in [0.15, 0.2) is 58.8 Å². The first-order valence-corrected chi connectivity index (χ1v) is 8.76. The first kappa shape index (κ1) is 14.6. The van der Waals surface area contributed by atoms with E-state index in [1.807, 2.05) is 11.8 Å². The van der Waals surface area contributed by atoms with Gasteiger partial charge in [-0.1, -0.05) is 35.9 Å². The SMILES string of the molecule is Cc1cccc(SCC(NN)c2cccc3ccsc23)c1. The summed E-state index contributed by atoms with van der Waals surface area (Å²) in [6.45, 7) is 2.12. The Kier molecular flexibility index (Phi) is 4.60. The molecular weight excluding hydrogens is 296 g/mol. The number of aryl methyl sites for hydroxylation is 1. The maximum Gasteiger partial charge on any atom is 0.0568 e. The first-order valence-electron chi connectivity index (χ1n) is 6.89. The minimum absolute atomic E-state index is 0.151. The average Bonchev–Trinajstić information content (AvgIpc) is 2.97. The van der Waals surface area contributed by atoms with Crippen molar-refractivity contribution in [2.75, 3.05) is 5.75 Å². The van der Waals surface area contributed by atoms with Crippen LogP contribution >= 0.6 is 23.1 Å². The van der Waals surface area contributed by atoms with Gasteiger partial charge in [-0.2, -0.15) is 0 Å². The molecule has 2 aromatic carbocycles. The summed E-state index contributed by atoms with van der Waals surface area (Å²) in [5, 5.41) is 3.42. The van der Waals surface area contributed by atoms with E-state index in [0.29, 0.717) is 0 Å². The van der Waals surface area contributed by atoms with Crippen LogP contribution in [-0.4, -0.2) is 5.75 Å². The third kappa shape index (κ3) is 3.30. The van der Waals surface area contributed by atoms with Crippen molar-refractivity contribution in [3.8, 4) is 0 Å². The molecule has 21 heavy (non-hydrogen) atoms. The molecule has 3 aromatic rings. The van der Waals surface area contributed by atoms with Crippen molar-refractivity contribution in [1.29, 1.82) is 0 Å². The lowest BCUT2D eigenvalue weighted by molar-refractivity contribution is 0.615. The molecule has 1 unspecified atom stereocenters. The molecule has 0 aliphatic heterocycles. The van der Waals surface area contributed by atoms with Gasteiger partial charge in [-0.25, -0.2) is 0 Å². The van der Waals surface area contributed by atoms with Gasteiger partial charge >= 0.3 is 0 Å². The van der Waals surface area contributed by atoms with Crippen LogP contribution in [0.3, 0.4) is 0 Å². The van der Waals surface area contributed by atoms with Crippen molar-refractivity contribution in [3.05, 3.63) is 65.0 Å². The quantitative estimate of drug-likeness (QED) is 0.413. The summed E-state index contributed by atoms with van der Waals surface area (Å²) in [5.41, 5.74) is 5.54. The molecule has 1 atom stereocenters. The van der Waals surface area contributed by atoms with E-state index in [-0.39, 0.29) is 6.04 Å². The zero-order valence-corrected chi connectivity index (χ0v) is 13.5. The van der Waals surface area contributed by atoms with E-state index in [9.17, 15) is 0 Å². The van der Waals surface area contributed by atoms with E-state index < -0.39 is 0 Å². The topological polar surface area (TPSA) is 38.0 Å². The Morgan fingerprint density at radius 2 is 2.05 bits per heavy atom. The number of thioether (sulfide) groups is 1. The molecule has 3 rings (SSSR count). The number of nitrogens with one attached hydrogen (secondary N) is 1. The Morgan fingerprint density at radius 1 is 1.19 bits per heavy atom. The smallest absolute Gasteiger partial charge is 0.0568 e. The van der Waals surface area contributed by atoms with Gasteiger partial charge in [0.2, 0.25) is 0 Å². The lowest BCUT2D eigenvalue weighted by atomic mass is 10.1. The van der Waals surface area contributed by atoms with Crippen LogP contribution in [-0.2, 0) is 0 Å². The molecule has 0 fully saturated rings. The van der Waals surface area contributed by atoms with Crippen molar-refractivity contribution in [2.45, 2.75) is 17.9 Å². The fourth-order valence-electron chi connectivity index (χ4n) is 2.40. The third-order valence-electron chi connectivity index (χ3n) is 3.49. The van der Waals surface area contributed by atoms with E-state index in [1.165, 1.54) is 26.1 Å². The van der Waals surface area contributed by atoms with E-state index in [4.69, 9.17) is 5.84 Å². The van der Waals surface area contributed by atoms with Crippen LogP contribution in [0.1, 0.15) is 17.2 Å². The number of nitrogens with two attached hydrogens (primary N) is 1. The molecular formula is C17H18N2S2. The van der Waals surface area contributed by atoms with E-state index in [0.717, 1.165) is 5.75 Å². The molecule has 0 amide bonds. The van der Waals surface area contributed by atoms with Crippen LogP contribution in [0.2, 0.25) is 0 Å². The molecule has 0 bridgehead atoms. The van der Waals surface area contributed by atoms with Crippen molar-refractivity contribution >= 4 is 33.2 Å². The molecule has 2 nitrogen and oxygen atoms in total. The van der Waals surface area contributed by atoms with Crippen molar-refractivity contribution in [2.24, 2.45) is 5.84 Å². The summed E-state index contributed by atoms with van der Waals surface area (Å²) in [6.07, 6.45) is 0. The monoisotopic (exact) mass is 314 g/mol. The predicted molar refractivity (Wildman–Crippen MR) is 93.8 cm³/mol. The maximum absolute atomic E-state index is 5.80. The van der Waals surface area contributed by atoms with Gasteiger partial charge in [0.15, 0.2) is 0 Å². The zero-order chi connectivity index (χ0) is 14.7. The van der Waals surface area contributed by atoms with Crippen LogP contribution in [0.5, 0.6) is 0 Å².